The van der Waals surface area contributed by atoms with Gasteiger partial charge in [0, 0.05) is 67.0 Å². The first kappa shape index (κ1) is 34.2. The van der Waals surface area contributed by atoms with Gasteiger partial charge >= 0.3 is 18.0 Å². The Kier molecular flexibility index (Phi) is 10.4. The van der Waals surface area contributed by atoms with Crippen molar-refractivity contribution in [2.45, 2.75) is 24.9 Å². The number of thiazole rings is 1. The number of benzene rings is 2. The van der Waals surface area contributed by atoms with Gasteiger partial charge in [0.15, 0.2) is 10.8 Å². The van der Waals surface area contributed by atoms with Crippen molar-refractivity contribution in [2.75, 3.05) is 44.7 Å². The van der Waals surface area contributed by atoms with E-state index in [2.05, 4.69) is 15.2 Å². The quantitative estimate of drug-likeness (QED) is 0.308. The second-order valence-electron chi connectivity index (χ2n) is 11.0. The summed E-state index contributed by atoms with van der Waals surface area (Å²) in [6.45, 7) is 1.79. The van der Waals surface area contributed by atoms with Gasteiger partial charge in [-0.25, -0.2) is 23.4 Å². The minimum atomic E-state index is -0.972. The van der Waals surface area contributed by atoms with Crippen molar-refractivity contribution in [3.05, 3.63) is 92.0 Å². The standard InChI is InChI=1S/C31H29ClF2N6O5S.ClH/c1-45-30(43)26-23(36-28(29-35-8-11-46-29)37-27(26)20-5-4-18(33)13-21(20)32)16-38-9-10-39-19(14-38)15-40(31(39)44)24-6-2-17(12-22(24)34)3-7-25(41)42;/h2,4-6,8,11-13,19,27H,3,7,9-10,14-16H2,1H3,(H,36,37)(H,41,42);1H. The maximum Gasteiger partial charge on any atom is 0.338 e. The van der Waals surface area contributed by atoms with Gasteiger partial charge in [-0.2, -0.15) is 0 Å². The van der Waals surface area contributed by atoms with Crippen molar-refractivity contribution in [1.29, 1.82) is 0 Å². The number of amides is 2. The van der Waals surface area contributed by atoms with Crippen molar-refractivity contribution in [3.63, 3.8) is 0 Å². The van der Waals surface area contributed by atoms with E-state index >= 15 is 4.39 Å². The number of piperazine rings is 1. The van der Waals surface area contributed by atoms with Crippen LogP contribution in [0.1, 0.15) is 28.6 Å². The molecule has 2 N–H and O–H groups in total. The number of carboxylic acids is 1. The summed E-state index contributed by atoms with van der Waals surface area (Å²) in [5.41, 5.74) is 1.82. The van der Waals surface area contributed by atoms with Crippen molar-refractivity contribution in [3.8, 4) is 0 Å². The van der Waals surface area contributed by atoms with Crippen LogP contribution in [0.5, 0.6) is 0 Å². The van der Waals surface area contributed by atoms with E-state index in [1.807, 2.05) is 0 Å². The number of hydrogen-bond acceptors (Lipinski definition) is 9. The highest BCUT2D eigenvalue weighted by atomic mass is 35.5. The molecule has 16 heteroatoms. The van der Waals surface area contributed by atoms with Crippen LogP contribution >= 0.6 is 35.3 Å². The van der Waals surface area contributed by atoms with E-state index < -0.39 is 29.6 Å². The van der Waals surface area contributed by atoms with Crippen LogP contribution in [0.3, 0.4) is 0 Å². The zero-order valence-electron chi connectivity index (χ0n) is 25.0. The Labute approximate surface area is 283 Å². The molecule has 0 radical (unpaired) electrons. The van der Waals surface area contributed by atoms with Crippen LogP contribution in [-0.2, 0) is 20.7 Å². The Morgan fingerprint density at radius 2 is 1.98 bits per heavy atom. The first-order valence-corrected chi connectivity index (χ1v) is 15.7. The molecule has 248 valence electrons. The Morgan fingerprint density at radius 1 is 1.17 bits per heavy atom. The predicted octanol–water partition coefficient (Wildman–Crippen LogP) is 4.66. The Bertz CT molecular complexity index is 1760. The van der Waals surface area contributed by atoms with Gasteiger partial charge in [0.05, 0.1) is 24.4 Å². The Hall–Kier alpha value is -4.11. The molecule has 2 atom stereocenters. The molecule has 4 heterocycles. The van der Waals surface area contributed by atoms with Crippen molar-refractivity contribution in [1.82, 2.24) is 20.1 Å². The number of nitrogens with zero attached hydrogens (tertiary/aromatic N) is 5. The molecule has 3 aliphatic rings. The van der Waals surface area contributed by atoms with E-state index in [1.165, 1.54) is 53.7 Å². The fourth-order valence-corrected chi connectivity index (χ4v) is 6.84. The number of methoxy groups -OCH3 is 1. The third-order valence-corrected chi connectivity index (χ3v) is 9.28. The highest BCUT2D eigenvalue weighted by Crippen LogP contribution is 2.37. The third kappa shape index (κ3) is 7.10. The summed E-state index contributed by atoms with van der Waals surface area (Å²) in [7, 11) is 1.27. The van der Waals surface area contributed by atoms with Crippen molar-refractivity contribution < 1.29 is 33.0 Å². The smallest absolute Gasteiger partial charge is 0.338 e. The molecule has 3 aliphatic heterocycles. The number of aliphatic imine (C=N–C) groups is 1. The lowest BCUT2D eigenvalue weighted by atomic mass is 9.95. The number of urea groups is 1. The zero-order valence-corrected chi connectivity index (χ0v) is 27.4. The van der Waals surface area contributed by atoms with E-state index in [9.17, 15) is 18.8 Å². The van der Waals surface area contributed by atoms with Gasteiger partial charge in [-0.1, -0.05) is 23.7 Å². The maximum atomic E-state index is 15.1. The number of halogens is 4. The molecule has 2 fully saturated rings. The molecular formula is C31H30Cl2F2N6O5S. The van der Waals surface area contributed by atoms with Crippen LogP contribution in [0.4, 0.5) is 19.3 Å². The third-order valence-electron chi connectivity index (χ3n) is 8.17. The minimum Gasteiger partial charge on any atom is -0.481 e. The largest absolute Gasteiger partial charge is 0.481 e. The van der Waals surface area contributed by atoms with Gasteiger partial charge in [0.1, 0.15) is 17.7 Å². The second kappa shape index (κ2) is 14.3. The number of carbonyl (C=O) groups excluding carboxylic acids is 2. The molecule has 0 aliphatic carbocycles. The van der Waals surface area contributed by atoms with E-state index in [1.54, 1.807) is 22.5 Å². The number of carboxylic acid groups (broad SMARTS) is 1. The minimum absolute atomic E-state index is 0. The zero-order chi connectivity index (χ0) is 32.5. The van der Waals surface area contributed by atoms with E-state index in [4.69, 9.17) is 26.4 Å². The fourth-order valence-electron chi connectivity index (χ4n) is 5.98. The molecule has 6 rings (SSSR count). The summed E-state index contributed by atoms with van der Waals surface area (Å²) in [5, 5.41) is 14.7. The van der Waals surface area contributed by atoms with Crippen molar-refractivity contribution in [2.24, 2.45) is 4.99 Å². The van der Waals surface area contributed by atoms with Crippen LogP contribution in [0, 0.1) is 11.6 Å². The van der Waals surface area contributed by atoms with E-state index in [0.29, 0.717) is 47.3 Å². The summed E-state index contributed by atoms with van der Waals surface area (Å²) in [6, 6.07) is 6.87. The number of aromatic nitrogens is 1. The number of hydrogen-bond donors (Lipinski definition) is 2. The molecule has 1 aromatic heterocycles. The molecule has 0 bridgehead atoms. The molecular weight excluding hydrogens is 677 g/mol. The summed E-state index contributed by atoms with van der Waals surface area (Å²) < 4.78 is 34.3. The second-order valence-corrected chi connectivity index (χ2v) is 12.3. The van der Waals surface area contributed by atoms with Gasteiger partial charge in [-0.3, -0.25) is 19.6 Å². The topological polar surface area (TPSA) is 128 Å². The van der Waals surface area contributed by atoms with E-state index in [-0.39, 0.29) is 66.7 Å². The van der Waals surface area contributed by atoms with Crippen molar-refractivity contribution >= 4 is 64.8 Å². The highest BCUT2D eigenvalue weighted by Gasteiger charge is 2.43. The fraction of sp³-hybridized carbons (Fsp3) is 0.323. The highest BCUT2D eigenvalue weighted by molar-refractivity contribution is 7.11. The lowest BCUT2D eigenvalue weighted by molar-refractivity contribution is -0.137. The number of rotatable bonds is 9. The number of fused-ring (bicyclic) bond motifs is 1. The molecule has 2 saturated heterocycles. The summed E-state index contributed by atoms with van der Waals surface area (Å²) in [4.78, 5) is 51.9. The predicted molar refractivity (Wildman–Crippen MR) is 174 cm³/mol. The monoisotopic (exact) mass is 706 g/mol. The number of anilines is 1. The van der Waals surface area contributed by atoms with Crippen LogP contribution in [0.25, 0.3) is 0 Å². The summed E-state index contributed by atoms with van der Waals surface area (Å²) in [6.07, 6.45) is 1.70. The van der Waals surface area contributed by atoms with Gasteiger partial charge in [0.2, 0.25) is 0 Å². The van der Waals surface area contributed by atoms with Gasteiger partial charge in [-0.05, 0) is 36.2 Å². The average Bonchev–Trinajstić information content (AvgIpc) is 3.68. The number of nitrogens with one attached hydrogen (secondary N) is 1. The molecule has 11 nitrogen and oxygen atoms in total. The summed E-state index contributed by atoms with van der Waals surface area (Å²) >= 11 is 7.81. The van der Waals surface area contributed by atoms with Crippen LogP contribution in [0.15, 0.2) is 64.2 Å². The number of carbonyl (C=O) groups is 3. The first-order chi connectivity index (χ1) is 22.1. The number of aliphatic carboxylic acids is 1. The molecule has 2 unspecified atom stereocenters. The van der Waals surface area contributed by atoms with Crippen LogP contribution in [-0.4, -0.2) is 89.6 Å². The molecule has 47 heavy (non-hydrogen) atoms. The van der Waals surface area contributed by atoms with Gasteiger partial charge in [0.25, 0.3) is 0 Å². The van der Waals surface area contributed by atoms with Gasteiger partial charge in [-0.15, -0.1) is 23.7 Å². The molecule has 2 amide bonds. The Balaban J connectivity index is 0.00000433. The lowest BCUT2D eigenvalue weighted by Crippen LogP contribution is -2.53. The summed E-state index contributed by atoms with van der Waals surface area (Å²) in [5.74, 6) is -2.29. The number of esters is 1. The maximum absolute atomic E-state index is 15.1. The average molecular weight is 708 g/mol. The first-order valence-electron chi connectivity index (χ1n) is 14.4. The molecule has 2 aromatic carbocycles. The normalized spacial score (nSPS) is 19.6. The van der Waals surface area contributed by atoms with Crippen LogP contribution in [0.2, 0.25) is 5.02 Å². The van der Waals surface area contributed by atoms with E-state index in [0.717, 1.165) is 0 Å². The van der Waals surface area contributed by atoms with Crippen LogP contribution < -0.4 is 10.2 Å². The lowest BCUT2D eigenvalue weighted by Gasteiger charge is -2.38. The molecule has 0 spiro atoms. The molecule has 3 aromatic rings. The number of amidine groups is 1. The number of ether oxygens (including phenoxy) is 1. The Morgan fingerprint density at radius 3 is 2.66 bits per heavy atom. The SMILES string of the molecule is COC(=O)C1=C(CN2CCN3C(=O)N(c4ccc(CCC(=O)O)cc4F)CC3C2)NC(c2nccs2)=NC1c1ccc(F)cc1Cl.Cl. The molecule has 0 saturated carbocycles. The number of aryl methyl sites for hydroxylation is 1. The van der Waals surface area contributed by atoms with Gasteiger partial charge < -0.3 is 20.1 Å².